The molecule has 1 amide bonds. The molecule has 5 nitrogen and oxygen atoms in total. The molecule has 0 bridgehead atoms. The number of nitrogens with zero attached hydrogens (tertiary/aromatic N) is 2. The number of pyridine rings is 1. The van der Waals surface area contributed by atoms with Gasteiger partial charge in [-0.25, -0.2) is 4.79 Å². The first-order valence-electron chi connectivity index (χ1n) is 8.16. The van der Waals surface area contributed by atoms with Gasteiger partial charge >= 0.3 is 6.09 Å². The first-order chi connectivity index (χ1) is 11.3. The molecule has 1 unspecified atom stereocenters. The third-order valence-corrected chi connectivity index (χ3v) is 5.01. The molecule has 1 N–H and O–H groups in total. The van der Waals surface area contributed by atoms with Crippen LogP contribution in [0.4, 0.5) is 4.79 Å². The van der Waals surface area contributed by atoms with Gasteiger partial charge in [-0.15, -0.1) is 0 Å². The number of aromatic nitrogens is 1. The minimum atomic E-state index is -0.939. The Balaban J connectivity index is 2.38. The van der Waals surface area contributed by atoms with Crippen molar-refractivity contribution in [3.05, 3.63) is 44.7 Å². The Morgan fingerprint density at radius 2 is 2.08 bits per heavy atom. The Kier molecular flexibility index (Phi) is 4.30. The lowest BCUT2D eigenvalue weighted by atomic mass is 10.0. The number of rotatable bonds is 2. The Hall–Kier alpha value is -2.01. The molecule has 1 fully saturated rings. The third-order valence-electron chi connectivity index (χ3n) is 4.78. The molecule has 1 aromatic carbocycles. The number of likely N-dealkylation sites (tertiary alicyclic amines) is 1. The monoisotopic (exact) mass is 348 g/mol. The summed E-state index contributed by atoms with van der Waals surface area (Å²) in [5, 5.41) is 10.7. The lowest BCUT2D eigenvalue weighted by Gasteiger charge is -2.30. The second-order valence-electron chi connectivity index (χ2n) is 6.60. The van der Waals surface area contributed by atoms with Crippen molar-refractivity contribution in [3.8, 4) is 0 Å². The van der Waals surface area contributed by atoms with Crippen LogP contribution in [0.15, 0.2) is 23.0 Å². The number of amides is 1. The molecule has 128 valence electrons. The standard InChI is InChI=1S/C18H21ClN2O3/c1-10(2)21-15-9-12(19)6-7-13(15)17(22)11(3)16(21)14-5-4-8-20(14)18(23)24/h6-7,9-10,14H,4-5,8H2,1-3H3,(H,23,24). The van der Waals surface area contributed by atoms with E-state index in [-0.39, 0.29) is 17.5 Å². The zero-order chi connectivity index (χ0) is 17.6. The summed E-state index contributed by atoms with van der Waals surface area (Å²) in [6.45, 7) is 6.36. The fourth-order valence-corrected chi connectivity index (χ4v) is 3.94. The normalized spacial score (nSPS) is 17.9. The van der Waals surface area contributed by atoms with E-state index in [1.807, 2.05) is 13.8 Å². The number of benzene rings is 1. The maximum atomic E-state index is 12.8. The third kappa shape index (κ3) is 2.57. The van der Waals surface area contributed by atoms with Gasteiger partial charge in [-0.3, -0.25) is 9.69 Å². The van der Waals surface area contributed by atoms with E-state index in [9.17, 15) is 14.7 Å². The fourth-order valence-electron chi connectivity index (χ4n) is 3.77. The van der Waals surface area contributed by atoms with Crippen LogP contribution in [0.3, 0.4) is 0 Å². The van der Waals surface area contributed by atoms with Crippen molar-refractivity contribution in [2.75, 3.05) is 6.54 Å². The van der Waals surface area contributed by atoms with Gasteiger partial charge in [0.25, 0.3) is 0 Å². The molecule has 0 radical (unpaired) electrons. The molecule has 0 spiro atoms. The first-order valence-corrected chi connectivity index (χ1v) is 8.54. The molecular weight excluding hydrogens is 328 g/mol. The molecule has 2 heterocycles. The maximum Gasteiger partial charge on any atom is 0.407 e. The van der Waals surface area contributed by atoms with Crippen molar-refractivity contribution in [1.82, 2.24) is 9.47 Å². The Morgan fingerprint density at radius 1 is 1.38 bits per heavy atom. The number of fused-ring (bicyclic) bond motifs is 1. The van der Waals surface area contributed by atoms with Crippen molar-refractivity contribution >= 4 is 28.6 Å². The van der Waals surface area contributed by atoms with Gasteiger partial charge in [0.05, 0.1) is 11.6 Å². The minimum absolute atomic E-state index is 0.0502. The summed E-state index contributed by atoms with van der Waals surface area (Å²) in [7, 11) is 0. The predicted molar refractivity (Wildman–Crippen MR) is 95.0 cm³/mol. The van der Waals surface area contributed by atoms with Gasteiger partial charge in [-0.2, -0.15) is 0 Å². The summed E-state index contributed by atoms with van der Waals surface area (Å²) in [6, 6.07) is 5.05. The smallest absolute Gasteiger partial charge is 0.407 e. The molecule has 1 atom stereocenters. The summed E-state index contributed by atoms with van der Waals surface area (Å²) in [6.07, 6.45) is 0.590. The minimum Gasteiger partial charge on any atom is -0.465 e. The van der Waals surface area contributed by atoms with E-state index < -0.39 is 6.09 Å². The van der Waals surface area contributed by atoms with E-state index in [1.54, 1.807) is 25.1 Å². The van der Waals surface area contributed by atoms with Crippen molar-refractivity contribution in [3.63, 3.8) is 0 Å². The van der Waals surface area contributed by atoms with Crippen LogP contribution in [0.5, 0.6) is 0 Å². The van der Waals surface area contributed by atoms with Crippen LogP contribution in [-0.2, 0) is 0 Å². The highest BCUT2D eigenvalue weighted by atomic mass is 35.5. The molecule has 1 aliphatic heterocycles. The van der Waals surface area contributed by atoms with E-state index >= 15 is 0 Å². The highest BCUT2D eigenvalue weighted by Gasteiger charge is 2.34. The first kappa shape index (κ1) is 16.8. The molecule has 3 rings (SSSR count). The Labute approximate surface area is 145 Å². The fraction of sp³-hybridized carbons (Fsp3) is 0.444. The number of carboxylic acid groups (broad SMARTS) is 1. The largest absolute Gasteiger partial charge is 0.465 e. The van der Waals surface area contributed by atoms with Crippen LogP contribution in [-0.4, -0.2) is 27.2 Å². The molecule has 6 heteroatoms. The van der Waals surface area contributed by atoms with Crippen LogP contribution in [0.1, 0.15) is 50.0 Å². The number of carbonyl (C=O) groups is 1. The predicted octanol–water partition coefficient (Wildman–Crippen LogP) is 4.36. The second-order valence-corrected chi connectivity index (χ2v) is 7.04. The molecule has 1 saturated heterocycles. The zero-order valence-electron chi connectivity index (χ0n) is 14.0. The lowest BCUT2D eigenvalue weighted by molar-refractivity contribution is 0.138. The molecule has 24 heavy (non-hydrogen) atoms. The van der Waals surface area contributed by atoms with Gasteiger partial charge < -0.3 is 9.67 Å². The summed E-state index contributed by atoms with van der Waals surface area (Å²) in [4.78, 5) is 25.9. The van der Waals surface area contributed by atoms with Crippen LogP contribution in [0.25, 0.3) is 10.9 Å². The SMILES string of the molecule is Cc1c(C2CCCN2C(=O)O)n(C(C)C)c2cc(Cl)ccc2c1=O. The molecular formula is C18H21ClN2O3. The molecule has 1 aromatic heterocycles. The highest BCUT2D eigenvalue weighted by Crippen LogP contribution is 2.36. The average molecular weight is 349 g/mol. The molecule has 1 aliphatic rings. The maximum absolute atomic E-state index is 12.8. The lowest BCUT2D eigenvalue weighted by Crippen LogP contribution is -2.33. The van der Waals surface area contributed by atoms with Gasteiger partial charge in [0.2, 0.25) is 0 Å². The van der Waals surface area contributed by atoms with Gasteiger partial charge in [-0.05, 0) is 51.8 Å². The van der Waals surface area contributed by atoms with E-state index in [0.717, 1.165) is 24.1 Å². The van der Waals surface area contributed by atoms with E-state index in [1.165, 1.54) is 4.90 Å². The van der Waals surface area contributed by atoms with Crippen molar-refractivity contribution in [2.24, 2.45) is 0 Å². The number of hydrogen-bond acceptors (Lipinski definition) is 2. The highest BCUT2D eigenvalue weighted by molar-refractivity contribution is 6.31. The number of halogens is 1. The topological polar surface area (TPSA) is 62.5 Å². The van der Waals surface area contributed by atoms with Crippen LogP contribution >= 0.6 is 11.6 Å². The summed E-state index contributed by atoms with van der Waals surface area (Å²) in [5.41, 5.74) is 2.13. The van der Waals surface area contributed by atoms with Crippen molar-refractivity contribution < 1.29 is 9.90 Å². The Bertz CT molecular complexity index is 873. The summed E-state index contributed by atoms with van der Waals surface area (Å²) < 4.78 is 2.07. The van der Waals surface area contributed by atoms with Crippen LogP contribution in [0, 0.1) is 6.92 Å². The van der Waals surface area contributed by atoms with Gasteiger partial charge in [0.15, 0.2) is 5.43 Å². The molecule has 0 aliphatic carbocycles. The van der Waals surface area contributed by atoms with Crippen LogP contribution in [0.2, 0.25) is 5.02 Å². The molecule has 0 saturated carbocycles. The summed E-state index contributed by atoms with van der Waals surface area (Å²) >= 11 is 6.16. The average Bonchev–Trinajstić information content (AvgIpc) is 2.99. The zero-order valence-corrected chi connectivity index (χ0v) is 14.8. The Morgan fingerprint density at radius 3 is 2.71 bits per heavy atom. The second kappa shape index (κ2) is 6.13. The summed E-state index contributed by atoms with van der Waals surface area (Å²) in [5.74, 6) is 0. The van der Waals surface area contributed by atoms with Gasteiger partial charge in [0, 0.05) is 34.3 Å². The molecule has 2 aromatic rings. The van der Waals surface area contributed by atoms with Gasteiger partial charge in [0.1, 0.15) is 0 Å². The van der Waals surface area contributed by atoms with Crippen molar-refractivity contribution in [1.29, 1.82) is 0 Å². The van der Waals surface area contributed by atoms with Crippen LogP contribution < -0.4 is 5.43 Å². The number of hydrogen-bond donors (Lipinski definition) is 1. The van der Waals surface area contributed by atoms with Gasteiger partial charge in [-0.1, -0.05) is 11.6 Å². The van der Waals surface area contributed by atoms with E-state index in [0.29, 0.717) is 22.5 Å². The van der Waals surface area contributed by atoms with E-state index in [4.69, 9.17) is 11.6 Å². The quantitative estimate of drug-likeness (QED) is 0.877. The van der Waals surface area contributed by atoms with Crippen molar-refractivity contribution in [2.45, 2.75) is 45.7 Å². The van der Waals surface area contributed by atoms with E-state index in [2.05, 4.69) is 4.57 Å².